The molecule has 7 nitrogen and oxygen atoms in total. The summed E-state index contributed by atoms with van der Waals surface area (Å²) in [5.74, 6) is 3.76. The van der Waals surface area contributed by atoms with Gasteiger partial charge in [-0.05, 0) is 51.7 Å². The molecule has 9 heteroatoms. The quantitative estimate of drug-likeness (QED) is 0.680. The number of likely N-dealkylation sites (N-methyl/N-ethyl adjacent to an activating group) is 1. The van der Waals surface area contributed by atoms with Crippen molar-refractivity contribution < 1.29 is 9.47 Å². The lowest BCUT2D eigenvalue weighted by molar-refractivity contribution is 0.0512. The van der Waals surface area contributed by atoms with Crippen molar-refractivity contribution in [3.05, 3.63) is 35.5 Å². The summed E-state index contributed by atoms with van der Waals surface area (Å²) in [6.45, 7) is 4.41. The van der Waals surface area contributed by atoms with E-state index in [0.717, 1.165) is 23.0 Å². The largest absolute Gasteiger partial charge is 0.493 e. The molecule has 0 radical (unpaired) electrons. The van der Waals surface area contributed by atoms with Crippen LogP contribution in [0.3, 0.4) is 0 Å². The predicted molar refractivity (Wildman–Crippen MR) is 125 cm³/mol. The number of ether oxygens (including phenoxy) is 2. The molecule has 2 fully saturated rings. The first-order valence-electron chi connectivity index (χ1n) is 10.3. The molecule has 30 heavy (non-hydrogen) atoms. The molecular weight excluding hydrogens is 418 g/mol. The second-order valence-corrected chi connectivity index (χ2v) is 10.3. The summed E-state index contributed by atoms with van der Waals surface area (Å²) in [4.78, 5) is 4.84. The third-order valence-corrected chi connectivity index (χ3v) is 8.88. The SMILES string of the molecule is COc1ccc(C2SCC(CSC3NC4N(N3)C(C)=CC(C)N4C)N2C)cc1OC. The van der Waals surface area contributed by atoms with E-state index in [1.54, 1.807) is 14.2 Å². The Balaban J connectivity index is 1.35. The van der Waals surface area contributed by atoms with Gasteiger partial charge in [0.05, 0.1) is 19.6 Å². The van der Waals surface area contributed by atoms with Crippen LogP contribution < -0.4 is 20.2 Å². The van der Waals surface area contributed by atoms with E-state index in [9.17, 15) is 0 Å². The van der Waals surface area contributed by atoms with Gasteiger partial charge in [-0.3, -0.25) is 20.1 Å². The van der Waals surface area contributed by atoms with Crippen molar-refractivity contribution in [2.45, 2.75) is 43.1 Å². The van der Waals surface area contributed by atoms with Gasteiger partial charge in [-0.1, -0.05) is 6.07 Å². The van der Waals surface area contributed by atoms with Crippen molar-refractivity contribution in [3.63, 3.8) is 0 Å². The van der Waals surface area contributed by atoms with Gasteiger partial charge >= 0.3 is 0 Å². The van der Waals surface area contributed by atoms with Crippen LogP contribution in [0.5, 0.6) is 11.5 Å². The van der Waals surface area contributed by atoms with Crippen molar-refractivity contribution in [2.24, 2.45) is 0 Å². The zero-order valence-corrected chi connectivity index (χ0v) is 20.2. The van der Waals surface area contributed by atoms with Crippen LogP contribution in [0.25, 0.3) is 0 Å². The van der Waals surface area contributed by atoms with Crippen LogP contribution in [-0.4, -0.2) is 78.5 Å². The van der Waals surface area contributed by atoms with Crippen LogP contribution in [0.2, 0.25) is 0 Å². The number of rotatable bonds is 6. The monoisotopic (exact) mass is 451 g/mol. The molecule has 0 bridgehead atoms. The molecule has 2 saturated heterocycles. The van der Waals surface area contributed by atoms with E-state index in [1.807, 2.05) is 29.6 Å². The Morgan fingerprint density at radius 3 is 2.67 bits per heavy atom. The third-order valence-electron chi connectivity index (χ3n) is 6.23. The summed E-state index contributed by atoms with van der Waals surface area (Å²) in [5.41, 5.74) is 6.38. The Morgan fingerprint density at radius 1 is 1.17 bits per heavy atom. The van der Waals surface area contributed by atoms with Gasteiger partial charge in [0, 0.05) is 29.3 Å². The molecule has 0 spiro atoms. The van der Waals surface area contributed by atoms with E-state index < -0.39 is 0 Å². The molecule has 5 unspecified atom stereocenters. The number of hydrogen-bond donors (Lipinski definition) is 2. The molecule has 3 aliphatic rings. The number of allylic oxidation sites excluding steroid dienone is 1. The summed E-state index contributed by atoms with van der Waals surface area (Å²) in [5, 5.41) is 6.30. The highest BCUT2D eigenvalue weighted by atomic mass is 32.2. The van der Waals surface area contributed by atoms with E-state index in [4.69, 9.17) is 9.47 Å². The van der Waals surface area contributed by atoms with Gasteiger partial charge in [0.1, 0.15) is 5.50 Å². The molecule has 3 heterocycles. The highest BCUT2D eigenvalue weighted by molar-refractivity contribution is 8.00. The lowest BCUT2D eigenvalue weighted by Gasteiger charge is -2.40. The zero-order chi connectivity index (χ0) is 21.4. The van der Waals surface area contributed by atoms with Gasteiger partial charge in [0.2, 0.25) is 0 Å². The number of fused-ring (bicyclic) bond motifs is 1. The van der Waals surface area contributed by atoms with E-state index >= 15 is 0 Å². The Bertz CT molecular complexity index is 795. The highest BCUT2D eigenvalue weighted by Crippen LogP contribution is 2.43. The number of hydrazine groups is 1. The fourth-order valence-corrected chi connectivity index (χ4v) is 7.06. The van der Waals surface area contributed by atoms with Crippen LogP contribution in [0, 0.1) is 0 Å². The molecule has 5 atom stereocenters. The Hall–Kier alpha value is -1.10. The summed E-state index contributed by atoms with van der Waals surface area (Å²) in [7, 11) is 7.77. The minimum Gasteiger partial charge on any atom is -0.493 e. The Kier molecular flexibility index (Phi) is 6.76. The first-order valence-corrected chi connectivity index (χ1v) is 12.4. The Morgan fingerprint density at radius 2 is 1.93 bits per heavy atom. The maximum atomic E-state index is 5.50. The van der Waals surface area contributed by atoms with Crippen LogP contribution in [-0.2, 0) is 0 Å². The van der Waals surface area contributed by atoms with Crippen molar-refractivity contribution in [1.82, 2.24) is 25.6 Å². The van der Waals surface area contributed by atoms with E-state index in [2.05, 4.69) is 71.7 Å². The van der Waals surface area contributed by atoms with Crippen LogP contribution in [0.1, 0.15) is 24.8 Å². The molecule has 1 aromatic rings. The molecule has 1 aromatic carbocycles. The van der Waals surface area contributed by atoms with Gasteiger partial charge in [0.25, 0.3) is 0 Å². The van der Waals surface area contributed by atoms with Crippen molar-refractivity contribution in [1.29, 1.82) is 0 Å². The van der Waals surface area contributed by atoms with Gasteiger partial charge in [0.15, 0.2) is 17.8 Å². The molecule has 0 aliphatic carbocycles. The average Bonchev–Trinajstić information content (AvgIpc) is 3.34. The Labute approximate surface area is 188 Å². The predicted octanol–water partition coefficient (Wildman–Crippen LogP) is 2.70. The number of hydrogen-bond acceptors (Lipinski definition) is 9. The first kappa shape index (κ1) is 22.1. The number of nitrogens with one attached hydrogen (secondary N) is 2. The van der Waals surface area contributed by atoms with Gasteiger partial charge in [-0.15, -0.1) is 23.5 Å². The molecule has 2 N–H and O–H groups in total. The minimum atomic E-state index is 0.206. The van der Waals surface area contributed by atoms with Gasteiger partial charge in [-0.25, -0.2) is 5.43 Å². The van der Waals surface area contributed by atoms with Crippen LogP contribution >= 0.6 is 23.5 Å². The second kappa shape index (κ2) is 9.18. The fraction of sp³-hybridized carbons (Fsp3) is 0.619. The van der Waals surface area contributed by atoms with Crippen LogP contribution in [0.15, 0.2) is 30.0 Å². The van der Waals surface area contributed by atoms with E-state index in [0.29, 0.717) is 17.5 Å². The number of methoxy groups -OCH3 is 2. The van der Waals surface area contributed by atoms with E-state index in [-0.39, 0.29) is 11.8 Å². The van der Waals surface area contributed by atoms with Crippen molar-refractivity contribution >= 4 is 23.5 Å². The molecule has 3 aliphatic heterocycles. The average molecular weight is 452 g/mol. The normalized spacial score (nSPS) is 32.3. The summed E-state index contributed by atoms with van der Waals surface area (Å²) >= 11 is 3.95. The van der Waals surface area contributed by atoms with Crippen molar-refractivity contribution in [2.75, 3.05) is 39.8 Å². The molecular formula is C21H33N5O2S2. The lowest BCUT2D eigenvalue weighted by Crippen LogP contribution is -2.55. The standard InChI is InChI=1S/C21H33N5O2S2/c1-13-9-14(2)26-21(24(13)3)22-20(23-26)30-12-16-11-29-19(25(16)4)15-7-8-17(27-5)18(10-15)28-6/h7-10,13,16,19-23H,11-12H2,1-6H3. The highest BCUT2D eigenvalue weighted by Gasteiger charge is 2.39. The molecule has 0 aromatic heterocycles. The summed E-state index contributed by atoms with van der Waals surface area (Å²) < 4.78 is 10.9. The van der Waals surface area contributed by atoms with Crippen LogP contribution in [0.4, 0.5) is 0 Å². The first-order chi connectivity index (χ1) is 14.4. The number of nitrogens with zero attached hydrogens (tertiary/aromatic N) is 3. The maximum absolute atomic E-state index is 5.50. The molecule has 4 rings (SSSR count). The van der Waals surface area contributed by atoms with Gasteiger partial charge in [-0.2, -0.15) is 0 Å². The van der Waals surface area contributed by atoms with E-state index in [1.165, 1.54) is 11.3 Å². The smallest absolute Gasteiger partial charge is 0.161 e. The van der Waals surface area contributed by atoms with Gasteiger partial charge < -0.3 is 9.47 Å². The minimum absolute atomic E-state index is 0.206. The zero-order valence-electron chi connectivity index (χ0n) is 18.6. The second-order valence-electron chi connectivity index (χ2n) is 8.09. The third kappa shape index (κ3) is 4.16. The topological polar surface area (TPSA) is 52.2 Å². The molecule has 0 saturated carbocycles. The molecule has 0 amide bonds. The lowest BCUT2D eigenvalue weighted by atomic mass is 10.1. The summed E-state index contributed by atoms with van der Waals surface area (Å²) in [6, 6.07) is 7.21. The summed E-state index contributed by atoms with van der Waals surface area (Å²) in [6.07, 6.45) is 2.51. The van der Waals surface area contributed by atoms with Crippen molar-refractivity contribution in [3.8, 4) is 11.5 Å². The maximum Gasteiger partial charge on any atom is 0.161 e. The fourth-order valence-electron chi connectivity index (χ4n) is 4.23. The molecule has 166 valence electrons. The number of benzene rings is 1. The number of thioether (sulfide) groups is 2.